The first-order valence-corrected chi connectivity index (χ1v) is 8.32. The van der Waals surface area contributed by atoms with Crippen molar-refractivity contribution >= 4 is 23.2 Å². The summed E-state index contributed by atoms with van der Waals surface area (Å²) < 4.78 is 31.3. The number of nitrogens with one attached hydrogen (secondary N) is 2. The van der Waals surface area contributed by atoms with Crippen LogP contribution < -0.4 is 15.4 Å². The van der Waals surface area contributed by atoms with E-state index in [1.165, 1.54) is 30.3 Å². The Morgan fingerprint density at radius 3 is 2.55 bits per heavy atom. The van der Waals surface area contributed by atoms with Gasteiger partial charge >= 0.3 is 0 Å². The van der Waals surface area contributed by atoms with E-state index in [-0.39, 0.29) is 17.1 Å². The summed E-state index contributed by atoms with van der Waals surface area (Å²) in [4.78, 5) is 33.9. The first-order chi connectivity index (χ1) is 13.8. The highest BCUT2D eigenvalue weighted by Crippen LogP contribution is 2.25. The van der Waals surface area contributed by atoms with Crippen molar-refractivity contribution in [3.8, 4) is 5.75 Å². The summed E-state index contributed by atoms with van der Waals surface area (Å²) in [5, 5.41) is 15.5. The van der Waals surface area contributed by atoms with Gasteiger partial charge in [-0.1, -0.05) is 6.08 Å². The Kier molecular flexibility index (Phi) is 7.35. The van der Waals surface area contributed by atoms with Crippen LogP contribution in [0.25, 0.3) is 0 Å². The van der Waals surface area contributed by atoms with Gasteiger partial charge in [-0.05, 0) is 24.6 Å². The van der Waals surface area contributed by atoms with Crippen molar-refractivity contribution in [1.29, 1.82) is 0 Å². The maximum atomic E-state index is 13.1. The van der Waals surface area contributed by atoms with Crippen LogP contribution in [0.3, 0.4) is 0 Å². The van der Waals surface area contributed by atoms with Crippen LogP contribution in [0.2, 0.25) is 0 Å². The Bertz CT molecular complexity index is 949. The number of nitrogens with zero attached hydrogens (tertiary/aromatic N) is 1. The molecule has 0 spiro atoms. The molecule has 0 aliphatic carbocycles. The summed E-state index contributed by atoms with van der Waals surface area (Å²) >= 11 is 0. The van der Waals surface area contributed by atoms with Crippen molar-refractivity contribution in [1.82, 2.24) is 5.32 Å². The summed E-state index contributed by atoms with van der Waals surface area (Å²) in [7, 11) is 0. The molecule has 29 heavy (non-hydrogen) atoms. The van der Waals surface area contributed by atoms with Crippen molar-refractivity contribution < 1.29 is 28.0 Å². The number of nitro benzene ring substituents is 1. The molecule has 0 radical (unpaired) electrons. The number of non-ortho nitro benzene ring substituents is 1. The second-order valence-corrected chi connectivity index (χ2v) is 5.78. The lowest BCUT2D eigenvalue weighted by Crippen LogP contribution is -2.35. The van der Waals surface area contributed by atoms with Gasteiger partial charge in [-0.15, -0.1) is 6.58 Å². The molecule has 152 valence electrons. The third-order valence-corrected chi connectivity index (χ3v) is 3.63. The highest BCUT2D eigenvalue weighted by molar-refractivity contribution is 5.94. The largest absolute Gasteiger partial charge is 0.483 e. The molecule has 2 aromatic rings. The fourth-order valence-electron chi connectivity index (χ4n) is 2.29. The lowest BCUT2D eigenvalue weighted by molar-refractivity contribution is -0.384. The lowest BCUT2D eigenvalue weighted by Gasteiger charge is -2.11. The quantitative estimate of drug-likeness (QED) is 0.379. The number of benzene rings is 2. The molecule has 0 aliphatic rings. The molecule has 0 unspecified atom stereocenters. The average molecular weight is 405 g/mol. The van der Waals surface area contributed by atoms with Gasteiger partial charge in [0.15, 0.2) is 18.2 Å². The van der Waals surface area contributed by atoms with Crippen LogP contribution in [0.1, 0.15) is 5.56 Å². The van der Waals surface area contributed by atoms with Crippen LogP contribution in [-0.4, -0.2) is 29.9 Å². The second kappa shape index (κ2) is 9.93. The Balaban J connectivity index is 1.86. The molecule has 2 aromatic carbocycles. The summed E-state index contributed by atoms with van der Waals surface area (Å²) in [5.41, 5.74) is 0.407. The van der Waals surface area contributed by atoms with Gasteiger partial charge in [-0.3, -0.25) is 19.7 Å². The van der Waals surface area contributed by atoms with Gasteiger partial charge < -0.3 is 15.4 Å². The van der Waals surface area contributed by atoms with E-state index in [0.29, 0.717) is 12.0 Å². The van der Waals surface area contributed by atoms with Crippen LogP contribution >= 0.6 is 0 Å². The van der Waals surface area contributed by atoms with Crippen LogP contribution in [0.4, 0.5) is 20.2 Å². The van der Waals surface area contributed by atoms with E-state index >= 15 is 0 Å². The minimum atomic E-state index is -1.11. The van der Waals surface area contributed by atoms with Crippen molar-refractivity contribution in [3.05, 3.63) is 76.4 Å². The number of hydrogen-bond acceptors (Lipinski definition) is 5. The number of carbonyl (C=O) groups is 2. The van der Waals surface area contributed by atoms with Gasteiger partial charge in [0.1, 0.15) is 5.75 Å². The molecule has 0 atom stereocenters. The van der Waals surface area contributed by atoms with Gasteiger partial charge in [0, 0.05) is 29.4 Å². The van der Waals surface area contributed by atoms with Crippen LogP contribution in [0.5, 0.6) is 5.75 Å². The highest BCUT2D eigenvalue weighted by Gasteiger charge is 2.13. The zero-order chi connectivity index (χ0) is 21.4. The molecule has 0 saturated carbocycles. The van der Waals surface area contributed by atoms with Crippen molar-refractivity contribution in [2.45, 2.75) is 6.42 Å². The third-order valence-electron chi connectivity index (χ3n) is 3.63. The minimum absolute atomic E-state index is 0.0411. The van der Waals surface area contributed by atoms with Gasteiger partial charge in [-0.2, -0.15) is 0 Å². The smallest absolute Gasteiger partial charge is 0.269 e. The maximum absolute atomic E-state index is 13.1. The Labute approximate surface area is 164 Å². The third kappa shape index (κ3) is 6.38. The van der Waals surface area contributed by atoms with E-state index in [4.69, 9.17) is 4.74 Å². The number of hydrogen-bond donors (Lipinski definition) is 2. The number of amides is 2. The second-order valence-electron chi connectivity index (χ2n) is 5.78. The predicted octanol–water partition coefficient (Wildman–Crippen LogP) is 2.74. The SMILES string of the molecule is C=CCc1cc([N+](=O)[O-])ccc1OCC(=O)NCC(=O)Nc1ccc(F)c(F)c1. The van der Waals surface area contributed by atoms with Crippen LogP contribution in [0.15, 0.2) is 49.1 Å². The average Bonchev–Trinajstić information content (AvgIpc) is 2.68. The maximum Gasteiger partial charge on any atom is 0.269 e. The summed E-state index contributed by atoms with van der Waals surface area (Å²) in [6.07, 6.45) is 1.84. The Hall–Kier alpha value is -3.82. The van der Waals surface area contributed by atoms with Crippen LogP contribution in [-0.2, 0) is 16.0 Å². The van der Waals surface area contributed by atoms with E-state index in [1.54, 1.807) is 0 Å². The molecule has 10 heteroatoms. The first kappa shape index (κ1) is 21.5. The normalized spacial score (nSPS) is 10.1. The zero-order valence-electron chi connectivity index (χ0n) is 15.1. The van der Waals surface area contributed by atoms with E-state index in [0.717, 1.165) is 12.1 Å². The number of allylic oxidation sites excluding steroid dienone is 1. The fraction of sp³-hybridized carbons (Fsp3) is 0.158. The van der Waals surface area contributed by atoms with Gasteiger partial charge in [0.2, 0.25) is 5.91 Å². The van der Waals surface area contributed by atoms with E-state index in [2.05, 4.69) is 17.2 Å². The van der Waals surface area contributed by atoms with Crippen molar-refractivity contribution in [2.24, 2.45) is 0 Å². The highest BCUT2D eigenvalue weighted by atomic mass is 19.2. The number of halogens is 2. The molecule has 0 saturated heterocycles. The standard InChI is InChI=1S/C19H17F2N3O5/c1-2-3-12-8-14(24(27)28)5-7-17(12)29-11-19(26)22-10-18(25)23-13-4-6-15(20)16(21)9-13/h2,4-9H,1,3,10-11H2,(H,22,26)(H,23,25). The molecule has 0 bridgehead atoms. The summed E-state index contributed by atoms with van der Waals surface area (Å²) in [5.74, 6) is -3.15. The number of nitro groups is 1. The molecule has 0 heterocycles. The Morgan fingerprint density at radius 1 is 1.14 bits per heavy atom. The monoisotopic (exact) mass is 405 g/mol. The molecule has 2 N–H and O–H groups in total. The lowest BCUT2D eigenvalue weighted by atomic mass is 10.1. The molecule has 0 aliphatic heterocycles. The van der Waals surface area contributed by atoms with Gasteiger partial charge in [-0.25, -0.2) is 8.78 Å². The molecular formula is C19H17F2N3O5. The van der Waals surface area contributed by atoms with E-state index in [9.17, 15) is 28.5 Å². The van der Waals surface area contributed by atoms with Gasteiger partial charge in [0.05, 0.1) is 11.5 Å². The molecule has 0 aromatic heterocycles. The first-order valence-electron chi connectivity index (χ1n) is 8.32. The molecule has 8 nitrogen and oxygen atoms in total. The molecule has 2 amide bonds. The Morgan fingerprint density at radius 2 is 1.90 bits per heavy atom. The topological polar surface area (TPSA) is 111 Å². The predicted molar refractivity (Wildman–Crippen MR) is 100 cm³/mol. The summed E-state index contributed by atoms with van der Waals surface area (Å²) in [6.45, 7) is 2.72. The molecule has 2 rings (SSSR count). The number of carbonyl (C=O) groups excluding carboxylic acids is 2. The van der Waals surface area contributed by atoms with E-state index < -0.39 is 41.5 Å². The molecular weight excluding hydrogens is 388 g/mol. The number of rotatable bonds is 9. The van der Waals surface area contributed by atoms with Crippen molar-refractivity contribution in [2.75, 3.05) is 18.5 Å². The number of anilines is 1. The minimum Gasteiger partial charge on any atom is -0.483 e. The summed E-state index contributed by atoms with van der Waals surface area (Å²) in [6, 6.07) is 6.80. The van der Waals surface area contributed by atoms with E-state index in [1.807, 2.05) is 0 Å². The van der Waals surface area contributed by atoms with Crippen LogP contribution in [0, 0.1) is 21.7 Å². The van der Waals surface area contributed by atoms with Gasteiger partial charge in [0.25, 0.3) is 11.6 Å². The fourth-order valence-corrected chi connectivity index (χ4v) is 2.29. The van der Waals surface area contributed by atoms with Crippen molar-refractivity contribution in [3.63, 3.8) is 0 Å². The zero-order valence-corrected chi connectivity index (χ0v) is 15.1. The number of ether oxygens (including phenoxy) is 1. The molecule has 0 fully saturated rings.